The number of hydrogen-bond donors (Lipinski definition) is 5. The largest absolute Gasteiger partial charge is 0.395 e. The Morgan fingerprint density at radius 1 is 1.00 bits per heavy atom. The van der Waals surface area contributed by atoms with Gasteiger partial charge in [0.25, 0.3) is 0 Å². The number of rotatable bonds is 7. The maximum Gasteiger partial charge on any atom is 0.0555 e. The average molecular weight is 192 g/mol. The van der Waals surface area contributed by atoms with Crippen LogP contribution in [-0.4, -0.2) is 51.0 Å². The molecule has 0 aromatic carbocycles. The zero-order chi connectivity index (χ0) is 10.4. The predicted octanol–water partition coefficient (Wildman–Crippen LogP) is -1.92. The first-order valence-electron chi connectivity index (χ1n) is 4.75. The van der Waals surface area contributed by atoms with Crippen LogP contribution < -0.4 is 22.1 Å². The molecule has 0 aliphatic carbocycles. The van der Waals surface area contributed by atoms with Crippen molar-refractivity contribution in [1.82, 2.24) is 10.6 Å². The molecule has 0 saturated carbocycles. The van der Waals surface area contributed by atoms with Gasteiger partial charge < -0.3 is 27.2 Å². The summed E-state index contributed by atoms with van der Waals surface area (Å²) in [6, 6.07) is 0. The Balaban J connectivity index is 0. The summed E-state index contributed by atoms with van der Waals surface area (Å²) < 4.78 is 0. The number of likely N-dealkylation sites (N-methyl/N-ethyl adjacent to an activating group) is 1. The summed E-state index contributed by atoms with van der Waals surface area (Å²) in [5.74, 6) is 0. The van der Waals surface area contributed by atoms with E-state index in [4.69, 9.17) is 16.6 Å². The van der Waals surface area contributed by atoms with Crippen molar-refractivity contribution >= 4 is 0 Å². The van der Waals surface area contributed by atoms with E-state index in [1.54, 1.807) is 0 Å². The fourth-order valence-electron chi connectivity index (χ4n) is 0.585. The third-order valence-corrected chi connectivity index (χ3v) is 1.18. The van der Waals surface area contributed by atoms with Crippen molar-refractivity contribution in [2.75, 3.05) is 45.9 Å². The SMILES string of the molecule is CCNCCO.NCCNCCN. The van der Waals surface area contributed by atoms with Crippen molar-refractivity contribution in [3.05, 3.63) is 0 Å². The van der Waals surface area contributed by atoms with Crippen molar-refractivity contribution in [2.45, 2.75) is 6.92 Å². The summed E-state index contributed by atoms with van der Waals surface area (Å²) in [4.78, 5) is 0. The zero-order valence-corrected chi connectivity index (χ0v) is 8.55. The van der Waals surface area contributed by atoms with E-state index in [2.05, 4.69) is 10.6 Å². The van der Waals surface area contributed by atoms with E-state index in [1.165, 1.54) is 0 Å². The zero-order valence-electron chi connectivity index (χ0n) is 8.55. The summed E-state index contributed by atoms with van der Waals surface area (Å²) in [6.07, 6.45) is 0. The molecule has 0 rings (SSSR count). The third-order valence-electron chi connectivity index (χ3n) is 1.18. The molecule has 0 aromatic rings. The van der Waals surface area contributed by atoms with Crippen molar-refractivity contribution in [3.63, 3.8) is 0 Å². The lowest BCUT2D eigenvalue weighted by Crippen LogP contribution is -2.27. The van der Waals surface area contributed by atoms with E-state index in [0.29, 0.717) is 13.1 Å². The van der Waals surface area contributed by atoms with Crippen molar-refractivity contribution in [3.8, 4) is 0 Å². The molecular weight excluding hydrogens is 168 g/mol. The van der Waals surface area contributed by atoms with Crippen LogP contribution in [0.5, 0.6) is 0 Å². The lowest BCUT2D eigenvalue weighted by Gasteiger charge is -1.95. The summed E-state index contributed by atoms with van der Waals surface area (Å²) in [5.41, 5.74) is 10.3. The van der Waals surface area contributed by atoms with Gasteiger partial charge in [-0.1, -0.05) is 6.92 Å². The van der Waals surface area contributed by atoms with Crippen LogP contribution >= 0.6 is 0 Å². The molecule has 0 spiro atoms. The fourth-order valence-corrected chi connectivity index (χ4v) is 0.585. The molecule has 0 fully saturated rings. The Bertz CT molecular complexity index is 65.2. The lowest BCUT2D eigenvalue weighted by molar-refractivity contribution is 0.293. The second-order valence-corrected chi connectivity index (χ2v) is 2.40. The second kappa shape index (κ2) is 17.8. The third kappa shape index (κ3) is 24.5. The molecular formula is C8H24N4O. The molecule has 5 heteroatoms. The average Bonchev–Trinajstić information content (AvgIpc) is 2.17. The highest BCUT2D eigenvalue weighted by molar-refractivity contribution is 4.45. The van der Waals surface area contributed by atoms with E-state index in [0.717, 1.165) is 26.2 Å². The van der Waals surface area contributed by atoms with Crippen LogP contribution in [0.15, 0.2) is 0 Å². The molecule has 0 heterocycles. The first-order chi connectivity index (χ1) is 6.33. The lowest BCUT2D eigenvalue weighted by atomic mass is 10.6. The normalized spacial score (nSPS) is 9.23. The van der Waals surface area contributed by atoms with Gasteiger partial charge in [-0.25, -0.2) is 0 Å². The van der Waals surface area contributed by atoms with Crippen LogP contribution in [0.2, 0.25) is 0 Å². The topological polar surface area (TPSA) is 96.3 Å². The van der Waals surface area contributed by atoms with Crippen LogP contribution in [0.1, 0.15) is 6.92 Å². The van der Waals surface area contributed by atoms with Crippen molar-refractivity contribution < 1.29 is 5.11 Å². The highest BCUT2D eigenvalue weighted by atomic mass is 16.3. The Kier molecular flexibility index (Phi) is 20.9. The predicted molar refractivity (Wildman–Crippen MR) is 56.6 cm³/mol. The minimum absolute atomic E-state index is 0.244. The quantitative estimate of drug-likeness (QED) is 0.303. The van der Waals surface area contributed by atoms with Gasteiger partial charge >= 0.3 is 0 Å². The number of nitrogens with one attached hydrogen (secondary N) is 2. The van der Waals surface area contributed by atoms with Crippen LogP contribution in [-0.2, 0) is 0 Å². The van der Waals surface area contributed by atoms with Gasteiger partial charge in [-0.15, -0.1) is 0 Å². The molecule has 7 N–H and O–H groups in total. The number of nitrogens with two attached hydrogens (primary N) is 2. The standard InChI is InChI=1S/C4H13N3.C4H11NO/c5-1-3-7-4-2-6;1-2-5-3-4-6/h7H,1-6H2;5-6H,2-4H2,1H3. The Morgan fingerprint density at radius 2 is 1.54 bits per heavy atom. The molecule has 0 saturated heterocycles. The van der Waals surface area contributed by atoms with E-state index < -0.39 is 0 Å². The number of aliphatic hydroxyl groups is 1. The maximum atomic E-state index is 8.13. The molecule has 82 valence electrons. The minimum Gasteiger partial charge on any atom is -0.395 e. The van der Waals surface area contributed by atoms with Crippen LogP contribution in [0.25, 0.3) is 0 Å². The molecule has 0 radical (unpaired) electrons. The highest BCUT2D eigenvalue weighted by Gasteiger charge is 1.76. The number of aliphatic hydroxyl groups excluding tert-OH is 1. The van der Waals surface area contributed by atoms with Crippen LogP contribution in [0, 0.1) is 0 Å². The van der Waals surface area contributed by atoms with Gasteiger partial charge in [-0.3, -0.25) is 0 Å². The van der Waals surface area contributed by atoms with Gasteiger partial charge in [0.1, 0.15) is 0 Å². The number of hydrogen-bond acceptors (Lipinski definition) is 5. The Hall–Kier alpha value is -0.200. The van der Waals surface area contributed by atoms with Gasteiger partial charge in [-0.2, -0.15) is 0 Å². The molecule has 0 bridgehead atoms. The highest BCUT2D eigenvalue weighted by Crippen LogP contribution is 1.51. The molecule has 0 unspecified atom stereocenters. The summed E-state index contributed by atoms with van der Waals surface area (Å²) in [6.45, 7) is 7.05. The molecule has 0 aliphatic rings. The van der Waals surface area contributed by atoms with Crippen LogP contribution in [0.4, 0.5) is 0 Å². The van der Waals surface area contributed by atoms with Crippen LogP contribution in [0.3, 0.4) is 0 Å². The maximum absolute atomic E-state index is 8.13. The van der Waals surface area contributed by atoms with E-state index in [1.807, 2.05) is 6.92 Å². The molecule has 0 aromatic heterocycles. The Morgan fingerprint density at radius 3 is 1.77 bits per heavy atom. The van der Waals surface area contributed by atoms with Gasteiger partial charge in [0.05, 0.1) is 6.61 Å². The molecule has 13 heavy (non-hydrogen) atoms. The van der Waals surface area contributed by atoms with Gasteiger partial charge in [-0.05, 0) is 6.54 Å². The monoisotopic (exact) mass is 192 g/mol. The van der Waals surface area contributed by atoms with E-state index in [9.17, 15) is 0 Å². The minimum atomic E-state index is 0.244. The summed E-state index contributed by atoms with van der Waals surface area (Å²) >= 11 is 0. The van der Waals surface area contributed by atoms with Crippen molar-refractivity contribution in [1.29, 1.82) is 0 Å². The summed E-state index contributed by atoms with van der Waals surface area (Å²) in [5, 5.41) is 14.1. The molecule has 0 aliphatic heterocycles. The van der Waals surface area contributed by atoms with E-state index >= 15 is 0 Å². The van der Waals surface area contributed by atoms with E-state index in [-0.39, 0.29) is 6.61 Å². The summed E-state index contributed by atoms with van der Waals surface area (Å²) in [7, 11) is 0. The molecule has 0 atom stereocenters. The first-order valence-corrected chi connectivity index (χ1v) is 4.75. The second-order valence-electron chi connectivity index (χ2n) is 2.40. The Labute approximate surface area is 80.9 Å². The van der Waals surface area contributed by atoms with Crippen molar-refractivity contribution in [2.24, 2.45) is 11.5 Å². The first kappa shape index (κ1) is 15.3. The smallest absolute Gasteiger partial charge is 0.0555 e. The van der Waals surface area contributed by atoms with Gasteiger partial charge in [0, 0.05) is 32.7 Å². The molecule has 5 nitrogen and oxygen atoms in total. The fraction of sp³-hybridized carbons (Fsp3) is 1.00. The van der Waals surface area contributed by atoms with Gasteiger partial charge in [0.2, 0.25) is 0 Å². The van der Waals surface area contributed by atoms with Gasteiger partial charge in [0.15, 0.2) is 0 Å². The molecule has 0 amide bonds.